The molecule has 1 aliphatic heterocycles. The lowest BCUT2D eigenvalue weighted by Crippen LogP contribution is -2.38. The predicted molar refractivity (Wildman–Crippen MR) is 121 cm³/mol. The van der Waals surface area contributed by atoms with Gasteiger partial charge in [0.1, 0.15) is 0 Å². The third-order valence-electron chi connectivity index (χ3n) is 5.50. The molecular formula is C23H24ClN3O3S. The van der Waals surface area contributed by atoms with E-state index in [4.69, 9.17) is 21.0 Å². The highest BCUT2D eigenvalue weighted by Gasteiger charge is 2.29. The van der Waals surface area contributed by atoms with Crippen LogP contribution in [0.5, 0.6) is 0 Å². The molecule has 31 heavy (non-hydrogen) atoms. The number of rotatable bonds is 6. The molecule has 0 atom stereocenters. The first kappa shape index (κ1) is 21.6. The van der Waals surface area contributed by atoms with E-state index in [1.807, 2.05) is 30.5 Å². The number of carbonyl (C=O) groups is 2. The van der Waals surface area contributed by atoms with Crippen molar-refractivity contribution in [2.45, 2.75) is 32.1 Å². The number of aromatic nitrogens is 1. The van der Waals surface area contributed by atoms with E-state index in [0.717, 1.165) is 30.7 Å². The van der Waals surface area contributed by atoms with Gasteiger partial charge in [-0.3, -0.25) is 14.6 Å². The Morgan fingerprint density at radius 2 is 2.03 bits per heavy atom. The Morgan fingerprint density at radius 3 is 2.71 bits per heavy atom. The Hall–Kier alpha value is -2.64. The Bertz CT molecular complexity index is 1060. The summed E-state index contributed by atoms with van der Waals surface area (Å²) in [7, 11) is 0. The zero-order valence-electron chi connectivity index (χ0n) is 17.3. The van der Waals surface area contributed by atoms with Gasteiger partial charge in [0.25, 0.3) is 11.8 Å². The van der Waals surface area contributed by atoms with Crippen LogP contribution in [0.25, 0.3) is 0 Å². The maximum atomic E-state index is 12.9. The number of hydrogen-bond donors (Lipinski definition) is 1. The average molecular weight is 458 g/mol. The number of hydrogen-bond acceptors (Lipinski definition) is 5. The van der Waals surface area contributed by atoms with E-state index in [1.54, 1.807) is 28.4 Å². The fraction of sp³-hybridized carbons (Fsp3) is 0.348. The van der Waals surface area contributed by atoms with E-state index in [9.17, 15) is 9.59 Å². The molecule has 1 N–H and O–H groups in total. The topological polar surface area (TPSA) is 75.4 Å². The Labute approximate surface area is 190 Å². The molecule has 2 amide bonds. The van der Waals surface area contributed by atoms with E-state index >= 15 is 0 Å². The highest BCUT2D eigenvalue weighted by atomic mass is 35.5. The van der Waals surface area contributed by atoms with Gasteiger partial charge in [-0.25, -0.2) is 0 Å². The van der Waals surface area contributed by atoms with Crippen LogP contribution in [0.1, 0.15) is 55.9 Å². The van der Waals surface area contributed by atoms with Gasteiger partial charge in [-0.05, 0) is 73.5 Å². The Kier molecular flexibility index (Phi) is 6.73. The quantitative estimate of drug-likeness (QED) is 0.582. The summed E-state index contributed by atoms with van der Waals surface area (Å²) in [6, 6.07) is 11.0. The van der Waals surface area contributed by atoms with Crippen LogP contribution in [0, 0.1) is 6.92 Å². The van der Waals surface area contributed by atoms with Crippen LogP contribution in [-0.2, 0) is 6.42 Å². The fourth-order valence-corrected chi connectivity index (χ4v) is 4.73. The van der Waals surface area contributed by atoms with Crippen LogP contribution in [0.2, 0.25) is 5.22 Å². The molecule has 8 heteroatoms. The largest absolute Gasteiger partial charge is 0.440 e. The molecule has 1 aliphatic rings. The average Bonchev–Trinajstić information content (AvgIpc) is 3.45. The van der Waals surface area contributed by atoms with Crippen LogP contribution < -0.4 is 5.32 Å². The highest BCUT2D eigenvalue weighted by Crippen LogP contribution is 2.30. The fourth-order valence-electron chi connectivity index (χ4n) is 3.87. The van der Waals surface area contributed by atoms with Gasteiger partial charge in [0.15, 0.2) is 11.0 Å². The van der Waals surface area contributed by atoms with Gasteiger partial charge in [-0.15, -0.1) is 11.3 Å². The third kappa shape index (κ3) is 5.17. The molecule has 162 valence electrons. The van der Waals surface area contributed by atoms with Crippen molar-refractivity contribution in [1.82, 2.24) is 15.2 Å². The molecule has 1 saturated heterocycles. The molecule has 3 aromatic heterocycles. The minimum absolute atomic E-state index is 0.0946. The molecule has 0 spiro atoms. The van der Waals surface area contributed by atoms with Crippen LogP contribution in [0.3, 0.4) is 0 Å². The molecule has 4 rings (SSSR count). The van der Waals surface area contributed by atoms with Crippen molar-refractivity contribution in [2.75, 3.05) is 19.6 Å². The summed E-state index contributed by atoms with van der Waals surface area (Å²) in [6.45, 7) is 3.68. The summed E-state index contributed by atoms with van der Waals surface area (Å²) in [5.74, 6) is 0.127. The van der Waals surface area contributed by atoms with Crippen molar-refractivity contribution in [3.05, 3.63) is 74.6 Å². The SMILES string of the molecule is Cc1ccc(C(=O)NCCc2cccs2)c(C2CCN(C(=O)c3ccc(Cl)o3)CC2)n1. The summed E-state index contributed by atoms with van der Waals surface area (Å²) < 4.78 is 5.25. The second-order valence-corrected chi connectivity index (χ2v) is 9.05. The molecular weight excluding hydrogens is 434 g/mol. The molecule has 0 aromatic carbocycles. The number of likely N-dealkylation sites (tertiary alicyclic amines) is 1. The number of aryl methyl sites for hydroxylation is 1. The molecule has 6 nitrogen and oxygen atoms in total. The minimum atomic E-state index is -0.158. The number of nitrogens with one attached hydrogen (secondary N) is 1. The number of nitrogens with zero attached hydrogens (tertiary/aromatic N) is 2. The van der Waals surface area contributed by atoms with E-state index in [1.165, 1.54) is 4.88 Å². The zero-order valence-corrected chi connectivity index (χ0v) is 18.8. The zero-order chi connectivity index (χ0) is 21.8. The number of halogens is 1. The van der Waals surface area contributed by atoms with Crippen molar-refractivity contribution in [1.29, 1.82) is 0 Å². The summed E-state index contributed by atoms with van der Waals surface area (Å²) in [4.78, 5) is 33.2. The van der Waals surface area contributed by atoms with E-state index in [-0.39, 0.29) is 28.7 Å². The van der Waals surface area contributed by atoms with Gasteiger partial charge in [0, 0.05) is 36.1 Å². The number of furan rings is 1. The molecule has 3 aromatic rings. The molecule has 0 radical (unpaired) electrons. The summed E-state index contributed by atoms with van der Waals surface area (Å²) in [5, 5.41) is 5.27. The van der Waals surface area contributed by atoms with Gasteiger partial charge in [0.2, 0.25) is 0 Å². The maximum absolute atomic E-state index is 12.9. The number of pyridine rings is 1. The van der Waals surface area contributed by atoms with Crippen LogP contribution >= 0.6 is 22.9 Å². The number of piperidine rings is 1. The van der Waals surface area contributed by atoms with Crippen LogP contribution in [0.15, 0.2) is 46.2 Å². The third-order valence-corrected chi connectivity index (χ3v) is 6.64. The van der Waals surface area contributed by atoms with E-state index < -0.39 is 0 Å². The van der Waals surface area contributed by atoms with Gasteiger partial charge in [-0.1, -0.05) is 6.07 Å². The molecule has 0 aliphatic carbocycles. The lowest BCUT2D eigenvalue weighted by molar-refractivity contribution is 0.0678. The first-order valence-electron chi connectivity index (χ1n) is 10.3. The molecule has 0 unspecified atom stereocenters. The molecule has 0 bridgehead atoms. The second kappa shape index (κ2) is 9.66. The predicted octanol–water partition coefficient (Wildman–Crippen LogP) is 4.69. The van der Waals surface area contributed by atoms with Crippen molar-refractivity contribution in [3.63, 3.8) is 0 Å². The lowest BCUT2D eigenvalue weighted by Gasteiger charge is -2.32. The van der Waals surface area contributed by atoms with Gasteiger partial charge < -0.3 is 14.6 Å². The summed E-state index contributed by atoms with van der Waals surface area (Å²) in [6.07, 6.45) is 2.30. The number of thiophene rings is 1. The Balaban J connectivity index is 1.40. The molecule has 1 fully saturated rings. The number of carbonyl (C=O) groups excluding carboxylic acids is 2. The van der Waals surface area contributed by atoms with Crippen LogP contribution in [-0.4, -0.2) is 41.3 Å². The smallest absolute Gasteiger partial charge is 0.289 e. The molecule has 0 saturated carbocycles. The lowest BCUT2D eigenvalue weighted by atomic mass is 9.89. The van der Waals surface area contributed by atoms with Crippen molar-refractivity contribution >= 4 is 34.8 Å². The van der Waals surface area contributed by atoms with Gasteiger partial charge in [-0.2, -0.15) is 0 Å². The van der Waals surface area contributed by atoms with Gasteiger partial charge >= 0.3 is 0 Å². The standard InChI is InChI=1S/C23H24ClN3O3S/c1-15-4-5-18(22(28)25-11-8-17-3-2-14-31-17)21(26-15)16-9-12-27(13-10-16)23(29)19-6-7-20(24)30-19/h2-7,14,16H,8-13H2,1H3,(H,25,28). The first-order chi connectivity index (χ1) is 15.0. The Morgan fingerprint density at radius 1 is 1.23 bits per heavy atom. The normalized spacial score (nSPS) is 14.6. The minimum Gasteiger partial charge on any atom is -0.440 e. The van der Waals surface area contributed by atoms with E-state index in [0.29, 0.717) is 25.2 Å². The van der Waals surface area contributed by atoms with Crippen LogP contribution in [0.4, 0.5) is 0 Å². The summed E-state index contributed by atoms with van der Waals surface area (Å²) in [5.41, 5.74) is 2.33. The maximum Gasteiger partial charge on any atom is 0.289 e. The monoisotopic (exact) mass is 457 g/mol. The van der Waals surface area contributed by atoms with Crippen molar-refractivity contribution < 1.29 is 14.0 Å². The van der Waals surface area contributed by atoms with Crippen molar-refractivity contribution in [2.24, 2.45) is 0 Å². The molecule has 4 heterocycles. The van der Waals surface area contributed by atoms with Gasteiger partial charge in [0.05, 0.1) is 11.3 Å². The second-order valence-electron chi connectivity index (χ2n) is 7.64. The van der Waals surface area contributed by atoms with E-state index in [2.05, 4.69) is 11.4 Å². The number of amides is 2. The highest BCUT2D eigenvalue weighted by molar-refractivity contribution is 7.09. The van der Waals surface area contributed by atoms with Crippen molar-refractivity contribution in [3.8, 4) is 0 Å². The first-order valence-corrected chi connectivity index (χ1v) is 11.6. The summed E-state index contributed by atoms with van der Waals surface area (Å²) >= 11 is 7.48.